The van der Waals surface area contributed by atoms with Crippen LogP contribution in [0.2, 0.25) is 0 Å². The summed E-state index contributed by atoms with van der Waals surface area (Å²) in [5, 5.41) is 29.2. The minimum absolute atomic E-state index is 0.00568. The Morgan fingerprint density at radius 2 is 0.689 bits per heavy atom. The van der Waals surface area contributed by atoms with Gasteiger partial charge in [-0.1, -0.05) is 110 Å². The van der Waals surface area contributed by atoms with Crippen molar-refractivity contribution in [2.75, 3.05) is 32.7 Å². The van der Waals surface area contributed by atoms with E-state index in [1.54, 1.807) is 43.5 Å². The molecule has 0 spiro atoms. The Bertz CT molecular complexity index is 3100. The van der Waals surface area contributed by atoms with Crippen molar-refractivity contribution < 1.29 is 52.7 Å². The van der Waals surface area contributed by atoms with E-state index in [4.69, 9.17) is 40.1 Å². The second-order valence-electron chi connectivity index (χ2n) is 28.5. The Balaban J connectivity index is 1.96. The van der Waals surface area contributed by atoms with Gasteiger partial charge in [0.25, 0.3) is 0 Å². The number of rotatable bonds is 53. The number of benzene rings is 2. The van der Waals surface area contributed by atoms with Gasteiger partial charge in [-0.2, -0.15) is 0 Å². The fourth-order valence-electron chi connectivity index (χ4n) is 12.0. The molecule has 0 bridgehead atoms. The normalized spacial score (nSPS) is 15.0. The highest BCUT2D eigenvalue weighted by molar-refractivity contribution is 5.99. The summed E-state index contributed by atoms with van der Waals surface area (Å²) in [7, 11) is 0. The first-order chi connectivity index (χ1) is 49.1. The Morgan fingerprint density at radius 3 is 1.08 bits per heavy atom. The summed E-state index contributed by atoms with van der Waals surface area (Å²) < 4.78 is 0. The molecule has 578 valence electrons. The van der Waals surface area contributed by atoms with Crippen molar-refractivity contribution in [3.63, 3.8) is 0 Å². The highest BCUT2D eigenvalue weighted by Gasteiger charge is 2.38. The molecule has 0 aliphatic rings. The molecular weight excluding hydrogens is 1320 g/mol. The number of aromatic nitrogens is 1. The number of carbonyl (C=O) groups is 11. The lowest BCUT2D eigenvalue weighted by Gasteiger charge is -2.30. The number of carbonyl (C=O) groups excluding carboxylic acids is 11. The second-order valence-corrected chi connectivity index (χ2v) is 28.5. The maximum Gasteiger partial charge on any atom is 0.243 e. The maximum atomic E-state index is 14.9. The molecule has 0 saturated carbocycles. The molecule has 11 amide bonds. The molecule has 0 unspecified atom stereocenters. The molecule has 103 heavy (non-hydrogen) atoms. The van der Waals surface area contributed by atoms with E-state index in [1.165, 1.54) is 0 Å². The lowest BCUT2D eigenvalue weighted by atomic mass is 9.95. The minimum Gasteiger partial charge on any atom is -0.368 e. The molecule has 0 aliphatic carbocycles. The van der Waals surface area contributed by atoms with Gasteiger partial charge >= 0.3 is 0 Å². The summed E-state index contributed by atoms with van der Waals surface area (Å²) in [5.74, 6) is -8.49. The van der Waals surface area contributed by atoms with Gasteiger partial charge in [0, 0.05) is 23.5 Å². The van der Waals surface area contributed by atoms with E-state index < -0.39 is 137 Å². The van der Waals surface area contributed by atoms with Crippen molar-refractivity contribution in [2.24, 2.45) is 63.8 Å². The standard InChI is InChI=1S/C74H126N18O11/c1-9-48(8)63(74(103)91-61(41-47(6)7)71(100)86-55(30-16-21-35-76)66(95)84-57(32-18-23-37-78)68(97)88-59(64(81)93)39-45(2)3)92-70(99)58(33-19-24-38-79)85-67(96)56(31-17-22-36-77)87-73(102)62(42-49-25-11-10-12-26-49)90-72(101)60(40-46(4)5)89-69(98)54(29-15-20-34-75)83-65(94)52(80)43-50-44-82-53-28-14-13-27-51(50)53/h10-14,25-28,44-48,52,54-63,82H,9,15-24,29-43,75-80H2,1-8H3,(H2,81,93)(H,83,94)(H,84,95)(H,85,96)(H,86,100)(H,87,102)(H,88,97)(H,89,98)(H,90,101)(H,91,103)(H,92,99)/t48-,52-,54-,55-,56-,57-,58-,59-,60-,61-,62-,63-/m0/s1. The average Bonchev–Trinajstić information content (AvgIpc) is 1.74. The van der Waals surface area contributed by atoms with Gasteiger partial charge in [0.05, 0.1) is 6.04 Å². The van der Waals surface area contributed by atoms with Gasteiger partial charge in [-0.25, -0.2) is 0 Å². The largest absolute Gasteiger partial charge is 0.368 e. The van der Waals surface area contributed by atoms with Gasteiger partial charge in [-0.15, -0.1) is 0 Å². The van der Waals surface area contributed by atoms with Crippen LogP contribution in [0.3, 0.4) is 0 Å². The van der Waals surface area contributed by atoms with Crippen LogP contribution in [0, 0.1) is 23.7 Å². The SMILES string of the molecule is CC[C@H](C)[C@H](NC(=O)[C@H](CCCCN)NC(=O)[C@H](CCCCN)NC(=O)[C@H](Cc1ccccc1)NC(=O)[C@H](CC(C)C)NC(=O)[C@H](CCCCN)NC(=O)[C@@H](N)Cc1c[nH]c2ccccc12)C(=O)N[C@@H](CC(C)C)C(=O)N[C@@H](CCCCN)C(=O)N[C@@H](CCCCN)C(=O)N[C@@H](CC(C)C)C(N)=O. The van der Waals surface area contributed by atoms with Crippen molar-refractivity contribution >= 4 is 75.9 Å². The molecule has 3 rings (SSSR count). The third kappa shape index (κ3) is 33.1. The lowest BCUT2D eigenvalue weighted by Crippen LogP contribution is -2.61. The zero-order chi connectivity index (χ0) is 76.6. The highest BCUT2D eigenvalue weighted by atomic mass is 16.2. The monoisotopic (exact) mass is 1440 g/mol. The molecule has 0 radical (unpaired) electrons. The van der Waals surface area contributed by atoms with Crippen LogP contribution in [0.1, 0.15) is 189 Å². The summed E-state index contributed by atoms with van der Waals surface area (Å²) in [6.07, 6.45) is 7.96. The summed E-state index contributed by atoms with van der Waals surface area (Å²) in [4.78, 5) is 160. The fourth-order valence-corrected chi connectivity index (χ4v) is 12.0. The van der Waals surface area contributed by atoms with Gasteiger partial charge < -0.3 is 98.3 Å². The topological polar surface area (TPSA) is 506 Å². The van der Waals surface area contributed by atoms with Crippen LogP contribution in [0.4, 0.5) is 0 Å². The molecule has 29 heteroatoms. The van der Waals surface area contributed by atoms with E-state index in [2.05, 4.69) is 58.2 Å². The number of H-pyrrole nitrogens is 1. The fraction of sp³-hybridized carbons (Fsp3) is 0.662. The molecule has 3 aromatic rings. The van der Waals surface area contributed by atoms with E-state index in [0.717, 1.165) is 16.5 Å². The maximum absolute atomic E-state index is 14.9. The van der Waals surface area contributed by atoms with Gasteiger partial charge in [0.2, 0.25) is 65.0 Å². The molecule has 0 fully saturated rings. The van der Waals surface area contributed by atoms with Crippen LogP contribution in [0.5, 0.6) is 0 Å². The minimum atomic E-state index is -1.33. The molecule has 2 aromatic carbocycles. The number of aromatic amines is 1. The number of hydrogen-bond acceptors (Lipinski definition) is 17. The van der Waals surface area contributed by atoms with Gasteiger partial charge in [0.1, 0.15) is 60.4 Å². The van der Waals surface area contributed by atoms with Gasteiger partial charge in [-0.3, -0.25) is 52.7 Å². The molecular formula is C74H126N18O11. The third-order valence-electron chi connectivity index (χ3n) is 18.1. The van der Waals surface area contributed by atoms with Crippen molar-refractivity contribution in [2.45, 2.75) is 257 Å². The Kier molecular flexibility index (Phi) is 42.2. The Hall–Kier alpha value is -8.09. The molecule has 29 nitrogen and oxygen atoms in total. The van der Waals surface area contributed by atoms with E-state index >= 15 is 0 Å². The summed E-state index contributed by atoms with van der Waals surface area (Å²) in [5.41, 5.74) is 43.8. The predicted molar refractivity (Wildman–Crippen MR) is 401 cm³/mol. The first kappa shape index (κ1) is 89.1. The van der Waals surface area contributed by atoms with Crippen LogP contribution in [-0.4, -0.2) is 169 Å². The van der Waals surface area contributed by atoms with Crippen molar-refractivity contribution in [3.8, 4) is 0 Å². The van der Waals surface area contributed by atoms with Crippen LogP contribution in [0.25, 0.3) is 10.9 Å². The van der Waals surface area contributed by atoms with Crippen LogP contribution in [-0.2, 0) is 65.6 Å². The first-order valence-corrected chi connectivity index (χ1v) is 37.3. The molecule has 25 N–H and O–H groups in total. The van der Waals surface area contributed by atoms with Gasteiger partial charge in [-0.05, 0) is 196 Å². The van der Waals surface area contributed by atoms with E-state index in [9.17, 15) is 52.7 Å². The van der Waals surface area contributed by atoms with Crippen molar-refractivity contribution in [1.29, 1.82) is 0 Å². The van der Waals surface area contributed by atoms with Crippen molar-refractivity contribution in [3.05, 3.63) is 71.9 Å². The zero-order valence-corrected chi connectivity index (χ0v) is 62.4. The van der Waals surface area contributed by atoms with E-state index in [0.29, 0.717) is 95.8 Å². The number of primary amides is 1. The molecule has 1 aromatic heterocycles. The van der Waals surface area contributed by atoms with E-state index in [-0.39, 0.29) is 95.1 Å². The zero-order valence-electron chi connectivity index (χ0n) is 62.4. The number of fused-ring (bicyclic) bond motifs is 1. The lowest BCUT2D eigenvalue weighted by molar-refractivity contribution is -0.137. The number of hydrogen-bond donors (Lipinski definition) is 18. The highest BCUT2D eigenvalue weighted by Crippen LogP contribution is 2.21. The predicted octanol–water partition coefficient (Wildman–Crippen LogP) is 1.44. The van der Waals surface area contributed by atoms with Crippen LogP contribution < -0.4 is 93.3 Å². The van der Waals surface area contributed by atoms with Crippen LogP contribution >= 0.6 is 0 Å². The third-order valence-corrected chi connectivity index (χ3v) is 18.1. The van der Waals surface area contributed by atoms with Crippen molar-refractivity contribution in [1.82, 2.24) is 58.2 Å². The summed E-state index contributed by atoms with van der Waals surface area (Å²) >= 11 is 0. The van der Waals surface area contributed by atoms with Gasteiger partial charge in [0.15, 0.2) is 0 Å². The molecule has 0 aliphatic heterocycles. The molecule has 1 heterocycles. The number of para-hydroxylation sites is 1. The quantitative estimate of drug-likeness (QED) is 0.0356. The summed E-state index contributed by atoms with van der Waals surface area (Å²) in [6.45, 7) is 16.2. The Labute approximate surface area is 609 Å². The average molecular weight is 1440 g/mol. The number of amides is 11. The molecule has 0 saturated heterocycles. The molecule has 12 atom stereocenters. The first-order valence-electron chi connectivity index (χ1n) is 37.3. The smallest absolute Gasteiger partial charge is 0.243 e. The number of nitrogens with two attached hydrogens (primary N) is 7. The second kappa shape index (κ2) is 48.8. The number of unbranched alkanes of at least 4 members (excludes halogenated alkanes) is 5. The number of nitrogens with one attached hydrogen (secondary N) is 11. The summed E-state index contributed by atoms with van der Waals surface area (Å²) in [6, 6.07) is 3.43. The van der Waals surface area contributed by atoms with E-state index in [1.807, 2.05) is 72.7 Å². The Morgan fingerprint density at radius 1 is 0.369 bits per heavy atom. The van der Waals surface area contributed by atoms with Crippen LogP contribution in [0.15, 0.2) is 60.8 Å².